The lowest BCUT2D eigenvalue weighted by Gasteiger charge is -2.25. The van der Waals surface area contributed by atoms with Crippen LogP contribution in [0.25, 0.3) is 10.2 Å². The number of halogens is 1. The van der Waals surface area contributed by atoms with Gasteiger partial charge in [-0.15, -0.1) is 11.3 Å². The molecule has 0 spiro atoms. The molecule has 25 heavy (non-hydrogen) atoms. The number of likely N-dealkylation sites (N-methyl/N-ethyl adjacent to an activating group) is 1. The summed E-state index contributed by atoms with van der Waals surface area (Å²) in [7, 11) is 1.96. The summed E-state index contributed by atoms with van der Waals surface area (Å²) in [5, 5.41) is 11.2. The van der Waals surface area contributed by atoms with Crippen molar-refractivity contribution in [1.82, 2.24) is 9.88 Å². The van der Waals surface area contributed by atoms with E-state index in [2.05, 4.69) is 22.9 Å². The average molecular weight is 360 g/mol. The van der Waals surface area contributed by atoms with Gasteiger partial charge >= 0.3 is 0 Å². The predicted molar refractivity (Wildman–Crippen MR) is 98.6 cm³/mol. The second-order valence-corrected chi connectivity index (χ2v) is 7.12. The molecule has 2 atom stereocenters. The first-order chi connectivity index (χ1) is 12.0. The van der Waals surface area contributed by atoms with Crippen molar-refractivity contribution in [2.75, 3.05) is 20.2 Å². The molecule has 0 amide bonds. The molecule has 0 unspecified atom stereocenters. The Kier molecular flexibility index (Phi) is 5.63. The number of benzene rings is 2. The van der Waals surface area contributed by atoms with Crippen LogP contribution in [0.3, 0.4) is 0 Å². The molecule has 0 aliphatic carbocycles. The Labute approximate surface area is 150 Å². The number of para-hydroxylation sites is 1. The zero-order chi connectivity index (χ0) is 17.8. The number of rotatable bonds is 7. The number of hydrogen-bond donors (Lipinski definition) is 1. The third kappa shape index (κ3) is 4.54. The van der Waals surface area contributed by atoms with E-state index in [4.69, 9.17) is 4.74 Å². The van der Waals surface area contributed by atoms with Crippen LogP contribution in [0.4, 0.5) is 4.39 Å². The van der Waals surface area contributed by atoms with Gasteiger partial charge in [0.15, 0.2) is 0 Å². The van der Waals surface area contributed by atoms with Gasteiger partial charge in [0.1, 0.15) is 29.3 Å². The van der Waals surface area contributed by atoms with Crippen LogP contribution >= 0.6 is 11.3 Å². The fourth-order valence-electron chi connectivity index (χ4n) is 2.52. The summed E-state index contributed by atoms with van der Waals surface area (Å²) >= 11 is 1.67. The smallest absolute Gasteiger partial charge is 0.123 e. The fraction of sp³-hybridized carbons (Fsp3) is 0.316. The van der Waals surface area contributed by atoms with E-state index in [0.717, 1.165) is 15.2 Å². The highest BCUT2D eigenvalue weighted by atomic mass is 32.1. The predicted octanol–water partition coefficient (Wildman–Crippen LogP) is 3.87. The number of aliphatic hydroxyl groups excluding tert-OH is 1. The van der Waals surface area contributed by atoms with Crippen molar-refractivity contribution >= 4 is 21.6 Å². The standard InChI is InChI=1S/C19H21FN2O2S/c1-13(19-21-17-5-3-4-6-18(17)25-19)22(2)11-15(23)12-24-16-9-7-14(20)8-10-16/h3-10,13,15,23H,11-12H2,1-2H3/t13-,15-/m1/s1. The van der Waals surface area contributed by atoms with Crippen LogP contribution in [0, 0.1) is 5.82 Å². The fourth-order valence-corrected chi connectivity index (χ4v) is 3.61. The molecule has 132 valence electrons. The van der Waals surface area contributed by atoms with Crippen molar-refractivity contribution in [1.29, 1.82) is 0 Å². The maximum Gasteiger partial charge on any atom is 0.123 e. The molecule has 0 aliphatic rings. The number of aliphatic hydroxyl groups is 1. The second-order valence-electron chi connectivity index (χ2n) is 6.05. The Morgan fingerprint density at radius 1 is 1.20 bits per heavy atom. The van der Waals surface area contributed by atoms with Gasteiger partial charge in [-0.2, -0.15) is 0 Å². The highest BCUT2D eigenvalue weighted by Crippen LogP contribution is 2.28. The van der Waals surface area contributed by atoms with Gasteiger partial charge in [0, 0.05) is 6.54 Å². The molecule has 0 saturated heterocycles. The maximum absolute atomic E-state index is 12.9. The first kappa shape index (κ1) is 17.8. The number of thiazole rings is 1. The first-order valence-corrected chi connectivity index (χ1v) is 8.96. The van der Waals surface area contributed by atoms with Crippen LogP contribution in [-0.4, -0.2) is 41.3 Å². The first-order valence-electron chi connectivity index (χ1n) is 8.15. The number of nitrogens with zero attached hydrogens (tertiary/aromatic N) is 2. The van der Waals surface area contributed by atoms with Gasteiger partial charge in [-0.1, -0.05) is 12.1 Å². The van der Waals surface area contributed by atoms with E-state index in [-0.39, 0.29) is 18.5 Å². The molecule has 1 aromatic heterocycles. The van der Waals surface area contributed by atoms with E-state index >= 15 is 0 Å². The lowest BCUT2D eigenvalue weighted by Crippen LogP contribution is -2.34. The highest BCUT2D eigenvalue weighted by molar-refractivity contribution is 7.18. The Morgan fingerprint density at radius 2 is 1.92 bits per heavy atom. The minimum absolute atomic E-state index is 0.0953. The molecule has 0 fully saturated rings. The highest BCUT2D eigenvalue weighted by Gasteiger charge is 2.19. The quantitative estimate of drug-likeness (QED) is 0.695. The minimum Gasteiger partial charge on any atom is -0.491 e. The largest absolute Gasteiger partial charge is 0.491 e. The number of aromatic nitrogens is 1. The van der Waals surface area contributed by atoms with Gasteiger partial charge in [-0.3, -0.25) is 4.90 Å². The van der Waals surface area contributed by atoms with E-state index in [1.54, 1.807) is 23.5 Å². The lowest BCUT2D eigenvalue weighted by molar-refractivity contribution is 0.0653. The van der Waals surface area contributed by atoms with Crippen LogP contribution in [-0.2, 0) is 0 Å². The Morgan fingerprint density at radius 3 is 2.64 bits per heavy atom. The van der Waals surface area contributed by atoms with Crippen LogP contribution in [0.2, 0.25) is 0 Å². The zero-order valence-corrected chi connectivity index (χ0v) is 15.0. The van der Waals surface area contributed by atoms with Gasteiger partial charge < -0.3 is 9.84 Å². The molecule has 1 N–H and O–H groups in total. The Balaban J connectivity index is 1.54. The summed E-state index contributed by atoms with van der Waals surface area (Å²) in [6.07, 6.45) is -0.646. The topological polar surface area (TPSA) is 45.6 Å². The van der Waals surface area contributed by atoms with E-state index in [0.29, 0.717) is 12.3 Å². The van der Waals surface area contributed by atoms with E-state index in [1.807, 2.05) is 25.2 Å². The molecule has 2 aromatic carbocycles. The summed E-state index contributed by atoms with van der Waals surface area (Å²) in [4.78, 5) is 6.72. The summed E-state index contributed by atoms with van der Waals surface area (Å²) < 4.78 is 19.5. The molecule has 0 bridgehead atoms. The summed E-state index contributed by atoms with van der Waals surface area (Å²) in [5.74, 6) is 0.236. The van der Waals surface area contributed by atoms with Crippen molar-refractivity contribution in [2.24, 2.45) is 0 Å². The molecule has 0 saturated carbocycles. The van der Waals surface area contributed by atoms with Crippen molar-refractivity contribution in [3.05, 3.63) is 59.4 Å². The molecule has 0 aliphatic heterocycles. The maximum atomic E-state index is 12.9. The van der Waals surface area contributed by atoms with Gasteiger partial charge in [0.25, 0.3) is 0 Å². The third-order valence-corrected chi connectivity index (χ3v) is 5.29. The Bertz CT molecular complexity index is 789. The second kappa shape index (κ2) is 7.91. The van der Waals surface area contributed by atoms with Crippen LogP contribution in [0.1, 0.15) is 18.0 Å². The van der Waals surface area contributed by atoms with E-state index in [1.165, 1.54) is 12.1 Å². The van der Waals surface area contributed by atoms with Crippen molar-refractivity contribution in [3.63, 3.8) is 0 Å². The normalized spacial score (nSPS) is 14.0. The molecule has 6 heteroatoms. The Hall–Kier alpha value is -2.02. The monoisotopic (exact) mass is 360 g/mol. The third-order valence-electron chi connectivity index (χ3n) is 4.08. The summed E-state index contributed by atoms with van der Waals surface area (Å²) in [5.41, 5.74) is 1.00. The SMILES string of the molecule is C[C@H](c1nc2ccccc2s1)N(C)C[C@@H](O)COc1ccc(F)cc1. The van der Waals surface area contributed by atoms with E-state index in [9.17, 15) is 9.50 Å². The van der Waals surface area contributed by atoms with Gasteiger partial charge in [-0.25, -0.2) is 9.37 Å². The van der Waals surface area contributed by atoms with Crippen molar-refractivity contribution < 1.29 is 14.2 Å². The molecular formula is C19H21FN2O2S. The van der Waals surface area contributed by atoms with Gasteiger partial charge in [0.2, 0.25) is 0 Å². The average Bonchev–Trinajstić information content (AvgIpc) is 3.04. The van der Waals surface area contributed by atoms with E-state index < -0.39 is 6.10 Å². The number of ether oxygens (including phenoxy) is 1. The van der Waals surface area contributed by atoms with Crippen molar-refractivity contribution in [2.45, 2.75) is 19.1 Å². The molecule has 0 radical (unpaired) electrons. The molecule has 1 heterocycles. The van der Waals surface area contributed by atoms with Crippen LogP contribution in [0.15, 0.2) is 48.5 Å². The van der Waals surface area contributed by atoms with Crippen molar-refractivity contribution in [3.8, 4) is 5.75 Å². The summed E-state index contributed by atoms with van der Waals surface area (Å²) in [6, 6.07) is 13.9. The molecule has 4 nitrogen and oxygen atoms in total. The molecule has 3 rings (SSSR count). The van der Waals surface area contributed by atoms with Gasteiger partial charge in [-0.05, 0) is 50.4 Å². The summed E-state index contributed by atoms with van der Waals surface area (Å²) in [6.45, 7) is 2.69. The number of hydrogen-bond acceptors (Lipinski definition) is 5. The van der Waals surface area contributed by atoms with Crippen LogP contribution in [0.5, 0.6) is 5.75 Å². The lowest BCUT2D eigenvalue weighted by atomic mass is 10.2. The number of fused-ring (bicyclic) bond motifs is 1. The van der Waals surface area contributed by atoms with Crippen LogP contribution < -0.4 is 4.74 Å². The minimum atomic E-state index is -0.646. The van der Waals surface area contributed by atoms with Gasteiger partial charge in [0.05, 0.1) is 16.3 Å². The molecule has 3 aromatic rings. The molecular weight excluding hydrogens is 339 g/mol. The zero-order valence-electron chi connectivity index (χ0n) is 14.2.